The van der Waals surface area contributed by atoms with Crippen LogP contribution in [0.1, 0.15) is 10.4 Å². The van der Waals surface area contributed by atoms with Gasteiger partial charge in [-0.05, 0) is 24.3 Å². The second-order valence-corrected chi connectivity index (χ2v) is 4.55. The van der Waals surface area contributed by atoms with E-state index in [1.807, 2.05) is 6.07 Å². The smallest absolute Gasteiger partial charge is 0.261 e. The first-order chi connectivity index (χ1) is 9.66. The van der Waals surface area contributed by atoms with Crippen molar-refractivity contribution >= 4 is 39.9 Å². The summed E-state index contributed by atoms with van der Waals surface area (Å²) < 4.78 is 0. The van der Waals surface area contributed by atoms with Crippen LogP contribution in [0.4, 0.5) is 11.5 Å². The molecule has 2 aromatic heterocycles. The number of aromatic amines is 1. The molecule has 0 fully saturated rings. The van der Waals surface area contributed by atoms with Crippen molar-refractivity contribution < 1.29 is 4.79 Å². The Bertz CT molecular complexity index is 798. The first-order valence-electron chi connectivity index (χ1n) is 5.80. The lowest BCUT2D eigenvalue weighted by molar-refractivity contribution is 0.102. The molecule has 100 valence electrons. The Kier molecular flexibility index (Phi) is 3.00. The first-order valence-corrected chi connectivity index (χ1v) is 6.18. The van der Waals surface area contributed by atoms with Gasteiger partial charge < -0.3 is 11.1 Å². The molecule has 0 bridgehead atoms. The third-order valence-corrected chi connectivity index (χ3v) is 3.21. The van der Waals surface area contributed by atoms with Crippen molar-refractivity contribution in [3.05, 3.63) is 47.2 Å². The van der Waals surface area contributed by atoms with Gasteiger partial charge in [-0.25, -0.2) is 0 Å². The van der Waals surface area contributed by atoms with Gasteiger partial charge in [0.15, 0.2) is 0 Å². The van der Waals surface area contributed by atoms with Crippen molar-refractivity contribution in [2.24, 2.45) is 0 Å². The SMILES string of the molecule is Nc1[nH]ncc1C(=O)Nc1ccc(Cl)c2cccnc12. The van der Waals surface area contributed by atoms with Crippen LogP contribution in [0.15, 0.2) is 36.7 Å². The topological polar surface area (TPSA) is 96.7 Å². The van der Waals surface area contributed by atoms with E-state index in [1.54, 1.807) is 24.4 Å². The van der Waals surface area contributed by atoms with Gasteiger partial charge in [-0.1, -0.05) is 11.6 Å². The zero-order chi connectivity index (χ0) is 14.1. The lowest BCUT2D eigenvalue weighted by Crippen LogP contribution is -2.13. The number of nitrogen functional groups attached to an aromatic ring is 1. The van der Waals surface area contributed by atoms with E-state index in [2.05, 4.69) is 20.5 Å². The molecule has 0 radical (unpaired) electrons. The van der Waals surface area contributed by atoms with Crippen molar-refractivity contribution in [3.8, 4) is 0 Å². The molecule has 0 saturated carbocycles. The average Bonchev–Trinajstić information content (AvgIpc) is 2.88. The Morgan fingerprint density at radius 2 is 2.20 bits per heavy atom. The summed E-state index contributed by atoms with van der Waals surface area (Å²) in [5.41, 5.74) is 7.08. The molecular formula is C13H10ClN5O. The lowest BCUT2D eigenvalue weighted by Gasteiger charge is -2.08. The fraction of sp³-hybridized carbons (Fsp3) is 0. The number of carbonyl (C=O) groups is 1. The molecular weight excluding hydrogens is 278 g/mol. The van der Waals surface area contributed by atoms with Crippen molar-refractivity contribution in [3.63, 3.8) is 0 Å². The summed E-state index contributed by atoms with van der Waals surface area (Å²) in [6.07, 6.45) is 3.01. The molecule has 20 heavy (non-hydrogen) atoms. The molecule has 0 aliphatic heterocycles. The van der Waals surface area contributed by atoms with Gasteiger partial charge in [0.2, 0.25) is 0 Å². The molecule has 0 saturated heterocycles. The van der Waals surface area contributed by atoms with Gasteiger partial charge in [-0.2, -0.15) is 5.10 Å². The van der Waals surface area contributed by atoms with Crippen molar-refractivity contribution in [1.82, 2.24) is 15.2 Å². The lowest BCUT2D eigenvalue weighted by atomic mass is 10.2. The molecule has 0 aliphatic rings. The minimum atomic E-state index is -0.356. The van der Waals surface area contributed by atoms with E-state index in [9.17, 15) is 4.79 Å². The first kappa shape index (κ1) is 12.4. The van der Waals surface area contributed by atoms with Gasteiger partial charge in [-0.3, -0.25) is 14.9 Å². The number of hydrogen-bond acceptors (Lipinski definition) is 4. The molecule has 6 nitrogen and oxygen atoms in total. The number of hydrogen-bond donors (Lipinski definition) is 3. The van der Waals surface area contributed by atoms with Crippen molar-refractivity contribution in [2.45, 2.75) is 0 Å². The Morgan fingerprint density at radius 3 is 2.95 bits per heavy atom. The number of anilines is 2. The van der Waals surface area contributed by atoms with Gasteiger partial charge >= 0.3 is 0 Å². The molecule has 1 amide bonds. The van der Waals surface area contributed by atoms with E-state index < -0.39 is 0 Å². The number of fused-ring (bicyclic) bond motifs is 1. The van der Waals surface area contributed by atoms with Gasteiger partial charge in [0, 0.05) is 11.6 Å². The highest BCUT2D eigenvalue weighted by Gasteiger charge is 2.14. The zero-order valence-electron chi connectivity index (χ0n) is 10.2. The van der Waals surface area contributed by atoms with E-state index in [1.165, 1.54) is 6.20 Å². The highest BCUT2D eigenvalue weighted by molar-refractivity contribution is 6.36. The van der Waals surface area contributed by atoms with Crippen LogP contribution < -0.4 is 11.1 Å². The zero-order valence-corrected chi connectivity index (χ0v) is 11.0. The van der Waals surface area contributed by atoms with Crippen molar-refractivity contribution in [1.29, 1.82) is 0 Å². The fourth-order valence-corrected chi connectivity index (χ4v) is 2.12. The van der Waals surface area contributed by atoms with Crippen LogP contribution in [-0.4, -0.2) is 21.1 Å². The summed E-state index contributed by atoms with van der Waals surface area (Å²) in [6.45, 7) is 0. The number of nitrogens with two attached hydrogens (primary N) is 1. The molecule has 3 aromatic rings. The van der Waals surface area contributed by atoms with Crippen LogP contribution in [0.25, 0.3) is 10.9 Å². The second-order valence-electron chi connectivity index (χ2n) is 4.15. The summed E-state index contributed by atoms with van der Waals surface area (Å²) in [6, 6.07) is 7.03. The number of nitrogens with one attached hydrogen (secondary N) is 2. The predicted octanol–water partition coefficient (Wildman–Crippen LogP) is 2.45. The maximum Gasteiger partial charge on any atom is 0.261 e. The molecule has 0 unspecified atom stereocenters. The molecule has 0 aliphatic carbocycles. The monoisotopic (exact) mass is 287 g/mol. The Hall–Kier alpha value is -2.60. The van der Waals surface area contributed by atoms with Gasteiger partial charge in [-0.15, -0.1) is 0 Å². The minimum Gasteiger partial charge on any atom is -0.383 e. The van der Waals surface area contributed by atoms with Crippen LogP contribution >= 0.6 is 11.6 Å². The van der Waals surface area contributed by atoms with Crippen LogP contribution in [-0.2, 0) is 0 Å². The number of amides is 1. The fourth-order valence-electron chi connectivity index (χ4n) is 1.91. The Labute approximate surface area is 119 Å². The van der Waals surface area contributed by atoms with Crippen LogP contribution in [0.5, 0.6) is 0 Å². The quantitative estimate of drug-likeness (QED) is 0.674. The highest BCUT2D eigenvalue weighted by atomic mass is 35.5. The molecule has 7 heteroatoms. The van der Waals surface area contributed by atoms with Gasteiger partial charge in [0.1, 0.15) is 11.4 Å². The standard InChI is InChI=1S/C13H10ClN5O/c14-9-3-4-10(11-7(9)2-1-5-16-11)18-13(20)8-6-17-19-12(8)15/h1-6H,(H,18,20)(H3,15,17,19). The summed E-state index contributed by atoms with van der Waals surface area (Å²) in [7, 11) is 0. The molecule has 4 N–H and O–H groups in total. The van der Waals surface area contributed by atoms with Gasteiger partial charge in [0.25, 0.3) is 5.91 Å². The minimum absolute atomic E-state index is 0.216. The molecule has 0 spiro atoms. The Morgan fingerprint density at radius 1 is 1.35 bits per heavy atom. The van der Waals surface area contributed by atoms with Crippen LogP contribution in [0.3, 0.4) is 0 Å². The number of pyridine rings is 1. The van der Waals surface area contributed by atoms with Crippen molar-refractivity contribution in [2.75, 3.05) is 11.1 Å². The molecule has 2 heterocycles. The van der Waals surface area contributed by atoms with E-state index in [-0.39, 0.29) is 17.3 Å². The third-order valence-electron chi connectivity index (χ3n) is 2.88. The maximum atomic E-state index is 12.1. The van der Waals surface area contributed by atoms with E-state index in [0.717, 1.165) is 5.39 Å². The average molecular weight is 288 g/mol. The summed E-state index contributed by atoms with van der Waals surface area (Å²) in [5.74, 6) is -0.140. The maximum absolute atomic E-state index is 12.1. The molecule has 3 rings (SSSR count). The summed E-state index contributed by atoms with van der Waals surface area (Å²) >= 11 is 6.10. The predicted molar refractivity (Wildman–Crippen MR) is 77.7 cm³/mol. The number of rotatable bonds is 2. The van der Waals surface area contributed by atoms with E-state index in [4.69, 9.17) is 17.3 Å². The number of H-pyrrole nitrogens is 1. The summed E-state index contributed by atoms with van der Waals surface area (Å²) in [4.78, 5) is 16.4. The second kappa shape index (κ2) is 4.82. The number of benzene rings is 1. The largest absolute Gasteiger partial charge is 0.383 e. The normalized spacial score (nSPS) is 10.7. The van der Waals surface area contributed by atoms with E-state index >= 15 is 0 Å². The Balaban J connectivity index is 2.02. The third kappa shape index (κ3) is 2.06. The van der Waals surface area contributed by atoms with Gasteiger partial charge in [0.05, 0.1) is 22.4 Å². The number of nitrogens with zero attached hydrogens (tertiary/aromatic N) is 2. The molecule has 0 atom stereocenters. The summed E-state index contributed by atoms with van der Waals surface area (Å²) in [5, 5.41) is 10.3. The number of halogens is 1. The molecule has 1 aromatic carbocycles. The van der Waals surface area contributed by atoms with Crippen LogP contribution in [0, 0.1) is 0 Å². The number of carbonyl (C=O) groups excluding carboxylic acids is 1. The van der Waals surface area contributed by atoms with E-state index in [0.29, 0.717) is 16.2 Å². The highest BCUT2D eigenvalue weighted by Crippen LogP contribution is 2.28. The number of aromatic nitrogens is 3. The van der Waals surface area contributed by atoms with Crippen LogP contribution in [0.2, 0.25) is 5.02 Å².